The first-order valence-corrected chi connectivity index (χ1v) is 8.55. The molecule has 0 aromatic heterocycles. The average molecular weight is 399 g/mol. The molecule has 0 heterocycles. The molecular formula is C22H25NO6. The van der Waals surface area contributed by atoms with Crippen molar-refractivity contribution in [1.29, 1.82) is 0 Å². The van der Waals surface area contributed by atoms with Crippen molar-refractivity contribution >= 4 is 18.0 Å². The number of benzene rings is 2. The van der Waals surface area contributed by atoms with Crippen LogP contribution >= 0.6 is 0 Å². The van der Waals surface area contributed by atoms with E-state index in [0.29, 0.717) is 6.61 Å². The first-order valence-electron chi connectivity index (χ1n) is 8.55. The molecular weight excluding hydrogens is 374 g/mol. The third kappa shape index (κ3) is 10.8. The number of primary amides is 1. The molecule has 0 bridgehead atoms. The van der Waals surface area contributed by atoms with E-state index in [2.05, 4.69) is 72.2 Å². The lowest BCUT2D eigenvalue weighted by atomic mass is 10.1. The molecule has 2 aromatic rings. The summed E-state index contributed by atoms with van der Waals surface area (Å²) in [6.07, 6.45) is 2.06. The van der Waals surface area contributed by atoms with Crippen LogP contribution in [0.3, 0.4) is 0 Å². The van der Waals surface area contributed by atoms with Gasteiger partial charge in [0.25, 0.3) is 0 Å². The van der Waals surface area contributed by atoms with Gasteiger partial charge < -0.3 is 20.7 Å². The van der Waals surface area contributed by atoms with Crippen molar-refractivity contribution in [2.45, 2.75) is 13.3 Å². The van der Waals surface area contributed by atoms with Gasteiger partial charge in [-0.1, -0.05) is 61.7 Å². The number of fused-ring (bicyclic) bond motifs is 3. The van der Waals surface area contributed by atoms with Gasteiger partial charge in [0.2, 0.25) is 0 Å². The lowest BCUT2D eigenvalue weighted by Gasteiger charge is -1.98. The van der Waals surface area contributed by atoms with Crippen molar-refractivity contribution < 1.29 is 29.3 Å². The predicted molar refractivity (Wildman–Crippen MR) is 112 cm³/mol. The third-order valence-corrected chi connectivity index (χ3v) is 3.34. The molecule has 0 radical (unpaired) electrons. The Morgan fingerprint density at radius 3 is 1.52 bits per heavy atom. The van der Waals surface area contributed by atoms with Gasteiger partial charge in [0.15, 0.2) is 0 Å². The zero-order chi connectivity index (χ0) is 22.2. The number of hydrogen-bond acceptors (Lipinski definition) is 4. The normalized spacial score (nSPS) is 9.28. The number of carboxylic acid groups (broad SMARTS) is 2. The van der Waals surface area contributed by atoms with E-state index in [0.717, 1.165) is 18.6 Å². The number of carbonyl (C=O) groups excluding carboxylic acids is 1. The van der Waals surface area contributed by atoms with Gasteiger partial charge in [-0.2, -0.15) is 0 Å². The van der Waals surface area contributed by atoms with E-state index in [1.165, 1.54) is 22.3 Å². The molecule has 0 saturated heterocycles. The molecule has 0 spiro atoms. The highest BCUT2D eigenvalue weighted by atomic mass is 16.5. The maximum atomic E-state index is 9.60. The third-order valence-electron chi connectivity index (χ3n) is 3.34. The molecule has 1 aliphatic rings. The summed E-state index contributed by atoms with van der Waals surface area (Å²) in [4.78, 5) is 28.1. The second kappa shape index (κ2) is 14.2. The van der Waals surface area contributed by atoms with Gasteiger partial charge in [0.1, 0.15) is 0 Å². The molecule has 0 aliphatic heterocycles. The summed E-state index contributed by atoms with van der Waals surface area (Å²) in [5.74, 6) is -1.96. The number of amides is 1. The van der Waals surface area contributed by atoms with Crippen LogP contribution in [0.5, 0.6) is 0 Å². The smallest absolute Gasteiger partial charge is 0.404 e. The van der Waals surface area contributed by atoms with Crippen LogP contribution in [-0.4, -0.2) is 34.9 Å². The van der Waals surface area contributed by atoms with E-state index in [1.807, 2.05) is 0 Å². The van der Waals surface area contributed by atoms with Crippen molar-refractivity contribution in [3.8, 4) is 11.1 Å². The van der Waals surface area contributed by atoms with E-state index < -0.39 is 18.0 Å². The Morgan fingerprint density at radius 2 is 1.28 bits per heavy atom. The minimum Gasteiger partial charge on any atom is -0.478 e. The standard InChI is InChI=1S/C13H10.C3H7NO2.2C3H4O2/c1-3-7-12-10(5-1)9-11-6-2-4-8-13(11)12;1-2-6-3(4)5;2*1-2-3(4)5/h1-8H,9H2;2H2,1H3,(H2,4,5);2*2H,1H2,(H,4,5). The largest absolute Gasteiger partial charge is 0.478 e. The SMILES string of the molecule is C=CC(=O)O.C=CC(=O)O.CCOC(N)=O.c1ccc2c(c1)Cc1ccccc1-2. The minimum absolute atomic E-state index is 0.356. The zero-order valence-corrected chi connectivity index (χ0v) is 16.2. The van der Waals surface area contributed by atoms with Gasteiger partial charge in [-0.3, -0.25) is 0 Å². The van der Waals surface area contributed by atoms with Crippen LogP contribution in [0.4, 0.5) is 4.79 Å². The van der Waals surface area contributed by atoms with E-state index in [1.54, 1.807) is 6.92 Å². The van der Waals surface area contributed by atoms with Crippen LogP contribution in [0.1, 0.15) is 18.1 Å². The number of ether oxygens (including phenoxy) is 1. The van der Waals surface area contributed by atoms with Crippen molar-refractivity contribution in [2.24, 2.45) is 5.73 Å². The summed E-state index contributed by atoms with van der Waals surface area (Å²) in [5, 5.41) is 15.2. The Balaban J connectivity index is 0.000000417. The summed E-state index contributed by atoms with van der Waals surface area (Å²) in [6, 6.07) is 17.3. The molecule has 1 amide bonds. The molecule has 3 rings (SSSR count). The fourth-order valence-electron chi connectivity index (χ4n) is 2.22. The van der Waals surface area contributed by atoms with Gasteiger partial charge in [-0.15, -0.1) is 0 Å². The van der Waals surface area contributed by atoms with E-state index in [4.69, 9.17) is 10.2 Å². The number of carboxylic acids is 2. The van der Waals surface area contributed by atoms with Gasteiger partial charge in [0.05, 0.1) is 6.61 Å². The quantitative estimate of drug-likeness (QED) is 0.574. The molecule has 29 heavy (non-hydrogen) atoms. The Hall–Kier alpha value is -3.87. The highest BCUT2D eigenvalue weighted by Crippen LogP contribution is 2.35. The molecule has 0 unspecified atom stereocenters. The van der Waals surface area contributed by atoms with Crippen molar-refractivity contribution in [3.63, 3.8) is 0 Å². The van der Waals surface area contributed by atoms with Crippen molar-refractivity contribution in [1.82, 2.24) is 0 Å². The second-order valence-corrected chi connectivity index (χ2v) is 5.33. The highest BCUT2D eigenvalue weighted by molar-refractivity contribution is 5.79. The summed E-state index contributed by atoms with van der Waals surface area (Å²) < 4.78 is 4.18. The van der Waals surface area contributed by atoms with Gasteiger partial charge in [0, 0.05) is 12.2 Å². The molecule has 0 fully saturated rings. The maximum Gasteiger partial charge on any atom is 0.404 e. The minimum atomic E-state index is -0.981. The van der Waals surface area contributed by atoms with E-state index in [9.17, 15) is 14.4 Å². The fourth-order valence-corrected chi connectivity index (χ4v) is 2.22. The van der Waals surface area contributed by atoms with Crippen LogP contribution in [0, 0.1) is 0 Å². The number of nitrogens with two attached hydrogens (primary N) is 1. The molecule has 7 nitrogen and oxygen atoms in total. The van der Waals surface area contributed by atoms with Crippen LogP contribution in [0.25, 0.3) is 11.1 Å². The van der Waals surface area contributed by atoms with Crippen LogP contribution in [0.2, 0.25) is 0 Å². The van der Waals surface area contributed by atoms with Crippen molar-refractivity contribution in [2.75, 3.05) is 6.61 Å². The van der Waals surface area contributed by atoms with E-state index in [-0.39, 0.29) is 0 Å². The summed E-state index contributed by atoms with van der Waals surface area (Å²) in [7, 11) is 0. The van der Waals surface area contributed by atoms with Crippen molar-refractivity contribution in [3.05, 3.63) is 85.0 Å². The zero-order valence-electron chi connectivity index (χ0n) is 16.2. The Bertz CT molecular complexity index is 783. The Labute approximate surface area is 169 Å². The van der Waals surface area contributed by atoms with Crippen LogP contribution < -0.4 is 5.73 Å². The Kier molecular flexibility index (Phi) is 12.3. The summed E-state index contributed by atoms with van der Waals surface area (Å²) in [6.45, 7) is 7.98. The number of hydrogen-bond donors (Lipinski definition) is 3. The first-order chi connectivity index (χ1) is 13.8. The number of rotatable bonds is 3. The van der Waals surface area contributed by atoms with Crippen LogP contribution in [-0.2, 0) is 20.7 Å². The van der Waals surface area contributed by atoms with Gasteiger partial charge in [-0.05, 0) is 35.6 Å². The fraction of sp³-hybridized carbons (Fsp3) is 0.136. The lowest BCUT2D eigenvalue weighted by Crippen LogP contribution is -2.11. The molecule has 154 valence electrons. The molecule has 2 aromatic carbocycles. The molecule has 1 aliphatic carbocycles. The monoisotopic (exact) mass is 399 g/mol. The number of carbonyl (C=O) groups is 3. The highest BCUT2D eigenvalue weighted by Gasteiger charge is 2.15. The molecule has 0 saturated carbocycles. The summed E-state index contributed by atoms with van der Waals surface area (Å²) in [5.41, 5.74) is 10.3. The lowest BCUT2D eigenvalue weighted by molar-refractivity contribution is -0.132. The maximum absolute atomic E-state index is 9.60. The average Bonchev–Trinajstić information content (AvgIpc) is 3.08. The predicted octanol–water partition coefficient (Wildman–Crippen LogP) is 3.87. The Morgan fingerprint density at radius 1 is 0.931 bits per heavy atom. The molecule has 0 atom stereocenters. The van der Waals surface area contributed by atoms with Gasteiger partial charge in [-0.25, -0.2) is 14.4 Å². The first kappa shape index (κ1) is 25.1. The second-order valence-electron chi connectivity index (χ2n) is 5.33. The molecule has 7 heteroatoms. The molecule has 4 N–H and O–H groups in total. The van der Waals surface area contributed by atoms with E-state index >= 15 is 0 Å². The topological polar surface area (TPSA) is 127 Å². The summed E-state index contributed by atoms with van der Waals surface area (Å²) >= 11 is 0. The van der Waals surface area contributed by atoms with Gasteiger partial charge >= 0.3 is 18.0 Å². The van der Waals surface area contributed by atoms with Crippen LogP contribution in [0.15, 0.2) is 73.8 Å². The number of aliphatic carboxylic acids is 2.